The van der Waals surface area contributed by atoms with E-state index in [1.807, 2.05) is 13.8 Å². The van der Waals surface area contributed by atoms with Crippen molar-refractivity contribution >= 4 is 26.7 Å². The lowest BCUT2D eigenvalue weighted by Gasteiger charge is -2.27. The van der Waals surface area contributed by atoms with Crippen LogP contribution in [-0.4, -0.2) is 0 Å². The molecule has 2 aliphatic rings. The summed E-state index contributed by atoms with van der Waals surface area (Å²) in [5.41, 5.74) is 7.89. The molecule has 0 heterocycles. The average Bonchev–Trinajstić information content (AvgIpc) is 2.49. The molecule has 0 nitrogen and oxygen atoms in total. The van der Waals surface area contributed by atoms with Gasteiger partial charge in [-0.25, -0.2) is 0 Å². The van der Waals surface area contributed by atoms with Crippen LogP contribution in [0.15, 0.2) is 16.6 Å². The van der Waals surface area contributed by atoms with E-state index in [4.69, 9.17) is 0 Å². The SMILES string of the molecule is CC.Cc1cc2c3c(c(Br)cc4c3c1CCC4)CCC2. The molecular formula is C19H23Br. The Morgan fingerprint density at radius 1 is 0.800 bits per heavy atom. The van der Waals surface area contributed by atoms with Crippen molar-refractivity contribution in [2.24, 2.45) is 0 Å². The fraction of sp³-hybridized carbons (Fsp3) is 0.474. The van der Waals surface area contributed by atoms with Gasteiger partial charge >= 0.3 is 0 Å². The molecule has 20 heavy (non-hydrogen) atoms. The highest BCUT2D eigenvalue weighted by Crippen LogP contribution is 2.42. The fourth-order valence-corrected chi connectivity index (χ4v) is 4.60. The van der Waals surface area contributed by atoms with Gasteiger partial charge in [0.15, 0.2) is 0 Å². The van der Waals surface area contributed by atoms with Crippen molar-refractivity contribution in [3.05, 3.63) is 44.4 Å². The maximum atomic E-state index is 3.80. The Bertz CT molecular complexity index is 608. The van der Waals surface area contributed by atoms with Crippen LogP contribution in [0.25, 0.3) is 10.8 Å². The molecule has 0 aromatic heterocycles. The second-order valence-electron chi connectivity index (χ2n) is 5.78. The summed E-state index contributed by atoms with van der Waals surface area (Å²) in [6.45, 7) is 6.30. The maximum Gasteiger partial charge on any atom is 0.0216 e. The van der Waals surface area contributed by atoms with E-state index in [0.29, 0.717) is 0 Å². The van der Waals surface area contributed by atoms with Crippen molar-refractivity contribution < 1.29 is 0 Å². The highest BCUT2D eigenvalue weighted by molar-refractivity contribution is 9.10. The topological polar surface area (TPSA) is 0 Å². The summed E-state index contributed by atoms with van der Waals surface area (Å²) in [5, 5.41) is 3.22. The van der Waals surface area contributed by atoms with Gasteiger partial charge in [0.05, 0.1) is 0 Å². The summed E-state index contributed by atoms with van der Waals surface area (Å²) in [7, 11) is 0. The van der Waals surface area contributed by atoms with Crippen LogP contribution in [0.3, 0.4) is 0 Å². The lowest BCUT2D eigenvalue weighted by molar-refractivity contribution is 0.779. The molecule has 4 rings (SSSR count). The van der Waals surface area contributed by atoms with E-state index in [9.17, 15) is 0 Å². The van der Waals surface area contributed by atoms with Crippen LogP contribution in [0.5, 0.6) is 0 Å². The third-order valence-electron chi connectivity index (χ3n) is 4.70. The molecule has 0 atom stereocenters. The molecule has 0 bridgehead atoms. The Hall–Kier alpha value is -0.820. The number of hydrogen-bond acceptors (Lipinski definition) is 0. The molecule has 0 radical (unpaired) electrons. The second-order valence-corrected chi connectivity index (χ2v) is 6.64. The summed E-state index contributed by atoms with van der Waals surface area (Å²) < 4.78 is 1.35. The minimum atomic E-state index is 1.24. The maximum absolute atomic E-state index is 3.80. The van der Waals surface area contributed by atoms with Gasteiger partial charge in [-0.1, -0.05) is 35.8 Å². The lowest BCUT2D eigenvalue weighted by atomic mass is 9.79. The summed E-state index contributed by atoms with van der Waals surface area (Å²) in [6, 6.07) is 4.86. The van der Waals surface area contributed by atoms with E-state index in [0.717, 1.165) is 0 Å². The zero-order valence-electron chi connectivity index (χ0n) is 12.8. The minimum Gasteiger partial charge on any atom is -0.0683 e. The Balaban J connectivity index is 0.000000581. The normalized spacial score (nSPS) is 15.8. The number of halogens is 1. The van der Waals surface area contributed by atoms with Crippen LogP contribution in [0.1, 0.15) is 54.5 Å². The van der Waals surface area contributed by atoms with E-state index in [-0.39, 0.29) is 0 Å². The van der Waals surface area contributed by atoms with E-state index in [2.05, 4.69) is 35.0 Å². The zero-order valence-corrected chi connectivity index (χ0v) is 14.4. The predicted molar refractivity (Wildman–Crippen MR) is 91.8 cm³/mol. The third-order valence-corrected chi connectivity index (χ3v) is 5.41. The highest BCUT2D eigenvalue weighted by atomic mass is 79.9. The molecule has 0 spiro atoms. The first kappa shape index (κ1) is 14.1. The Labute approximate surface area is 130 Å². The van der Waals surface area contributed by atoms with Crippen molar-refractivity contribution in [3.8, 4) is 0 Å². The molecule has 0 unspecified atom stereocenters. The zero-order chi connectivity index (χ0) is 14.3. The quantitative estimate of drug-likeness (QED) is 0.562. The van der Waals surface area contributed by atoms with Crippen LogP contribution >= 0.6 is 15.9 Å². The molecule has 106 valence electrons. The first-order chi connectivity index (χ1) is 9.75. The average molecular weight is 331 g/mol. The first-order valence-electron chi connectivity index (χ1n) is 8.01. The molecule has 0 N–H and O–H groups in total. The van der Waals surface area contributed by atoms with Crippen LogP contribution in [-0.2, 0) is 25.7 Å². The molecule has 0 saturated heterocycles. The summed E-state index contributed by atoms with van der Waals surface area (Å²) in [4.78, 5) is 0. The molecule has 2 aliphatic carbocycles. The van der Waals surface area contributed by atoms with E-state index in [1.54, 1.807) is 33.0 Å². The van der Waals surface area contributed by atoms with Gasteiger partial charge in [-0.3, -0.25) is 0 Å². The molecule has 0 amide bonds. The van der Waals surface area contributed by atoms with Crippen molar-refractivity contribution in [3.63, 3.8) is 0 Å². The monoisotopic (exact) mass is 330 g/mol. The van der Waals surface area contributed by atoms with Gasteiger partial charge in [0.2, 0.25) is 0 Å². The van der Waals surface area contributed by atoms with Gasteiger partial charge in [-0.15, -0.1) is 0 Å². The summed E-state index contributed by atoms with van der Waals surface area (Å²) in [5.74, 6) is 0. The Kier molecular flexibility index (Phi) is 3.90. The molecule has 2 aromatic rings. The molecule has 0 aliphatic heterocycles. The first-order valence-corrected chi connectivity index (χ1v) is 8.80. The van der Waals surface area contributed by atoms with Gasteiger partial charge in [0.25, 0.3) is 0 Å². The Morgan fingerprint density at radius 2 is 1.35 bits per heavy atom. The molecule has 0 fully saturated rings. The van der Waals surface area contributed by atoms with Crippen LogP contribution in [0.2, 0.25) is 0 Å². The van der Waals surface area contributed by atoms with Gasteiger partial charge in [-0.2, -0.15) is 0 Å². The standard InChI is InChI=1S/C17H17Br.C2H6/c1-10-8-11-4-3-7-14-15(18)9-12-5-2-6-13(10)16(12)17(11)14;1-2/h8-9H,2-7H2,1H3;1-2H3. The summed E-state index contributed by atoms with van der Waals surface area (Å²) in [6.07, 6.45) is 7.66. The largest absolute Gasteiger partial charge is 0.0683 e. The van der Waals surface area contributed by atoms with Crippen molar-refractivity contribution in [1.29, 1.82) is 0 Å². The predicted octanol–water partition coefficient (Wildman–Crippen LogP) is 5.91. The van der Waals surface area contributed by atoms with Gasteiger partial charge in [-0.05, 0) is 90.1 Å². The van der Waals surface area contributed by atoms with Gasteiger partial charge < -0.3 is 0 Å². The number of rotatable bonds is 0. The summed E-state index contributed by atoms with van der Waals surface area (Å²) >= 11 is 3.80. The molecule has 0 saturated carbocycles. The molecule has 1 heteroatoms. The van der Waals surface area contributed by atoms with E-state index < -0.39 is 0 Å². The third kappa shape index (κ3) is 2.02. The van der Waals surface area contributed by atoms with E-state index >= 15 is 0 Å². The fourth-order valence-electron chi connectivity index (χ4n) is 3.93. The van der Waals surface area contributed by atoms with Crippen molar-refractivity contribution in [2.45, 2.75) is 59.3 Å². The molecule has 2 aromatic carbocycles. The van der Waals surface area contributed by atoms with Crippen LogP contribution in [0, 0.1) is 6.92 Å². The number of hydrogen-bond donors (Lipinski definition) is 0. The van der Waals surface area contributed by atoms with Gasteiger partial charge in [0, 0.05) is 4.47 Å². The minimum absolute atomic E-state index is 1.24. The molecular weight excluding hydrogens is 308 g/mol. The number of aryl methyl sites for hydroxylation is 5. The van der Waals surface area contributed by atoms with Crippen molar-refractivity contribution in [2.75, 3.05) is 0 Å². The van der Waals surface area contributed by atoms with Gasteiger partial charge in [0.1, 0.15) is 0 Å². The van der Waals surface area contributed by atoms with E-state index in [1.165, 1.54) is 48.6 Å². The van der Waals surface area contributed by atoms with Crippen LogP contribution in [0.4, 0.5) is 0 Å². The lowest BCUT2D eigenvalue weighted by Crippen LogP contribution is -2.10. The number of benzene rings is 2. The smallest absolute Gasteiger partial charge is 0.0216 e. The van der Waals surface area contributed by atoms with Crippen LogP contribution < -0.4 is 0 Å². The van der Waals surface area contributed by atoms with Crippen molar-refractivity contribution in [1.82, 2.24) is 0 Å². The Morgan fingerprint density at radius 3 is 2.05 bits per heavy atom. The second kappa shape index (κ2) is 5.52. The highest BCUT2D eigenvalue weighted by Gasteiger charge is 2.23.